The number of fused-ring (bicyclic) bond motifs is 2. The topological polar surface area (TPSA) is 76.7 Å². The molecule has 5 nitrogen and oxygen atoms in total. The maximum absolute atomic E-state index is 13.7. The first kappa shape index (κ1) is 21.6. The van der Waals surface area contributed by atoms with Crippen molar-refractivity contribution < 1.29 is 13.2 Å². The van der Waals surface area contributed by atoms with Gasteiger partial charge in [0.05, 0.1) is 11.7 Å². The second-order valence-electron chi connectivity index (χ2n) is 8.05. The van der Waals surface area contributed by atoms with Gasteiger partial charge in [0.2, 0.25) is 0 Å². The second-order valence-corrected chi connectivity index (χ2v) is 8.05. The summed E-state index contributed by atoms with van der Waals surface area (Å²) in [6.07, 6.45) is -1.99. The molecule has 0 saturated heterocycles. The number of alkyl halides is 3. The number of aromatic nitrogens is 3. The van der Waals surface area contributed by atoms with Crippen molar-refractivity contribution in [1.82, 2.24) is 15.0 Å². The predicted molar refractivity (Wildman–Crippen MR) is 128 cm³/mol. The van der Waals surface area contributed by atoms with Crippen molar-refractivity contribution in [1.29, 1.82) is 0 Å². The fraction of sp³-hybridized carbons (Fsp3) is 0.115. The summed E-state index contributed by atoms with van der Waals surface area (Å²) in [4.78, 5) is 11.8. The van der Waals surface area contributed by atoms with Crippen molar-refractivity contribution >= 4 is 33.2 Å². The van der Waals surface area contributed by atoms with Crippen LogP contribution >= 0.6 is 0 Å². The van der Waals surface area contributed by atoms with Crippen LogP contribution in [0.2, 0.25) is 0 Å². The summed E-state index contributed by atoms with van der Waals surface area (Å²) in [5, 5.41) is 7.07. The maximum atomic E-state index is 13.7. The number of nitrogen functional groups attached to an aromatic ring is 1. The number of halogens is 3. The zero-order chi connectivity index (χ0) is 23.9. The van der Waals surface area contributed by atoms with E-state index in [9.17, 15) is 13.2 Å². The molecule has 0 amide bonds. The van der Waals surface area contributed by atoms with Crippen molar-refractivity contribution in [2.24, 2.45) is 0 Å². The van der Waals surface area contributed by atoms with E-state index in [0.29, 0.717) is 0 Å². The van der Waals surface area contributed by atoms with Gasteiger partial charge < -0.3 is 11.1 Å². The van der Waals surface area contributed by atoms with Crippen LogP contribution in [0.1, 0.15) is 24.1 Å². The number of hydrogen-bond donors (Lipinski definition) is 2. The van der Waals surface area contributed by atoms with Crippen LogP contribution in [-0.4, -0.2) is 15.0 Å². The minimum atomic E-state index is -4.69. The van der Waals surface area contributed by atoms with Crippen molar-refractivity contribution in [2.45, 2.75) is 19.1 Å². The molecule has 2 heterocycles. The van der Waals surface area contributed by atoms with Crippen LogP contribution in [0.15, 0.2) is 79.3 Å². The Kier molecular flexibility index (Phi) is 5.28. The number of rotatable bonds is 4. The van der Waals surface area contributed by atoms with Crippen LogP contribution in [0, 0.1) is 0 Å². The van der Waals surface area contributed by atoms with Gasteiger partial charge in [-0.2, -0.15) is 13.2 Å². The predicted octanol–water partition coefficient (Wildman–Crippen LogP) is 6.62. The van der Waals surface area contributed by atoms with Gasteiger partial charge in [0, 0.05) is 11.8 Å². The highest BCUT2D eigenvalue weighted by Crippen LogP contribution is 2.39. The Balaban J connectivity index is 1.67. The largest absolute Gasteiger partial charge is 0.423 e. The molecule has 0 aliphatic heterocycles. The number of nitrogens with zero attached hydrogens (tertiary/aromatic N) is 3. The molecule has 34 heavy (non-hydrogen) atoms. The Morgan fingerprint density at radius 3 is 2.15 bits per heavy atom. The van der Waals surface area contributed by atoms with E-state index >= 15 is 0 Å². The van der Waals surface area contributed by atoms with Gasteiger partial charge in [-0.3, -0.25) is 4.98 Å². The van der Waals surface area contributed by atoms with E-state index in [0.717, 1.165) is 44.7 Å². The summed E-state index contributed by atoms with van der Waals surface area (Å²) in [7, 11) is 0. The molecule has 0 aliphatic rings. The van der Waals surface area contributed by atoms with Crippen LogP contribution in [-0.2, 0) is 6.18 Å². The van der Waals surface area contributed by atoms with E-state index in [1.165, 1.54) is 0 Å². The number of anilines is 2. The molecule has 1 unspecified atom stereocenters. The normalized spacial score (nSPS) is 12.7. The highest BCUT2D eigenvalue weighted by Gasteiger charge is 2.38. The van der Waals surface area contributed by atoms with Gasteiger partial charge in [0.15, 0.2) is 0 Å². The highest BCUT2D eigenvalue weighted by atomic mass is 19.4. The molecule has 8 heteroatoms. The fourth-order valence-corrected chi connectivity index (χ4v) is 4.18. The molecule has 0 saturated carbocycles. The third-order valence-corrected chi connectivity index (χ3v) is 5.79. The Morgan fingerprint density at radius 2 is 1.50 bits per heavy atom. The van der Waals surface area contributed by atoms with E-state index in [-0.39, 0.29) is 5.82 Å². The first-order valence-corrected chi connectivity index (χ1v) is 10.6. The van der Waals surface area contributed by atoms with Crippen LogP contribution in [0.3, 0.4) is 0 Å². The Labute approximate surface area is 193 Å². The smallest absolute Gasteiger partial charge is 0.383 e. The number of nitrogens with two attached hydrogens (primary N) is 1. The second kappa shape index (κ2) is 8.30. The number of nitrogens with one attached hydrogen (secondary N) is 1. The van der Waals surface area contributed by atoms with E-state index in [1.54, 1.807) is 13.1 Å². The summed E-state index contributed by atoms with van der Waals surface area (Å²) in [5.41, 5.74) is 6.80. The minimum Gasteiger partial charge on any atom is -0.383 e. The number of benzene rings is 3. The average molecular weight is 459 g/mol. The molecule has 5 aromatic rings. The Morgan fingerprint density at radius 1 is 0.824 bits per heavy atom. The minimum absolute atomic E-state index is 0.363. The zero-order valence-electron chi connectivity index (χ0n) is 18.1. The van der Waals surface area contributed by atoms with Crippen molar-refractivity contribution in [3.05, 3.63) is 90.4 Å². The monoisotopic (exact) mass is 459 g/mol. The number of pyridine rings is 1. The van der Waals surface area contributed by atoms with E-state index < -0.39 is 23.6 Å². The average Bonchev–Trinajstić information content (AvgIpc) is 2.81. The van der Waals surface area contributed by atoms with Gasteiger partial charge in [0.1, 0.15) is 23.5 Å². The van der Waals surface area contributed by atoms with Gasteiger partial charge >= 0.3 is 6.18 Å². The van der Waals surface area contributed by atoms with Crippen LogP contribution < -0.4 is 11.1 Å². The molecular formula is C26H20F3N5. The molecule has 0 radical (unpaired) electrons. The number of hydrogen-bond acceptors (Lipinski definition) is 5. The summed E-state index contributed by atoms with van der Waals surface area (Å²) in [5.74, 6) is -0.981. The summed E-state index contributed by atoms with van der Waals surface area (Å²) >= 11 is 0. The fourth-order valence-electron chi connectivity index (χ4n) is 4.18. The van der Waals surface area contributed by atoms with E-state index in [1.807, 2.05) is 54.6 Å². The lowest BCUT2D eigenvalue weighted by Gasteiger charge is -2.22. The molecule has 5 rings (SSSR count). The molecule has 0 fully saturated rings. The lowest BCUT2D eigenvalue weighted by atomic mass is 9.93. The first-order chi connectivity index (χ1) is 16.3. The molecule has 1 atom stereocenters. The van der Waals surface area contributed by atoms with Crippen LogP contribution in [0.5, 0.6) is 0 Å². The molecule has 3 aromatic carbocycles. The molecular weight excluding hydrogens is 439 g/mol. The SMILES string of the molecule is CC(Nc1ncnc(N)c1C(F)(F)F)c1cc2cc3ccccc3cc2cc1-c1ccccn1. The zero-order valence-corrected chi connectivity index (χ0v) is 18.1. The third kappa shape index (κ3) is 3.98. The van der Waals surface area contributed by atoms with Gasteiger partial charge in [0.25, 0.3) is 0 Å². The van der Waals surface area contributed by atoms with Crippen molar-refractivity contribution in [2.75, 3.05) is 11.1 Å². The van der Waals surface area contributed by atoms with Gasteiger partial charge in [-0.15, -0.1) is 0 Å². The summed E-state index contributed by atoms with van der Waals surface area (Å²) in [6, 6.07) is 21.3. The highest BCUT2D eigenvalue weighted by molar-refractivity contribution is 6.00. The Hall–Kier alpha value is -4.20. The molecule has 0 spiro atoms. The van der Waals surface area contributed by atoms with E-state index in [4.69, 9.17) is 5.73 Å². The lowest BCUT2D eigenvalue weighted by Crippen LogP contribution is -2.18. The van der Waals surface area contributed by atoms with Crippen molar-refractivity contribution in [3.63, 3.8) is 0 Å². The van der Waals surface area contributed by atoms with Crippen LogP contribution in [0.25, 0.3) is 32.8 Å². The third-order valence-electron chi connectivity index (χ3n) is 5.79. The molecule has 3 N–H and O–H groups in total. The quantitative estimate of drug-likeness (QED) is 0.295. The molecule has 0 bridgehead atoms. The van der Waals surface area contributed by atoms with Gasteiger partial charge in [-0.05, 0) is 70.4 Å². The maximum Gasteiger partial charge on any atom is 0.423 e. The molecule has 2 aromatic heterocycles. The summed E-state index contributed by atoms with van der Waals surface area (Å²) < 4.78 is 41.0. The van der Waals surface area contributed by atoms with Crippen LogP contribution in [0.4, 0.5) is 24.8 Å². The van der Waals surface area contributed by atoms with Gasteiger partial charge in [-0.1, -0.05) is 30.3 Å². The standard InChI is InChI=1S/C26H20F3N5/c1-15(34-25-23(26(27,28)29)24(30)32-14-33-25)20-12-18-10-16-6-2-3-7-17(16)11-19(18)13-21(20)22-8-4-5-9-31-22/h2-15H,1H3,(H3,30,32,33,34). The molecule has 0 aliphatic carbocycles. The van der Waals surface area contributed by atoms with Gasteiger partial charge in [-0.25, -0.2) is 9.97 Å². The Bertz CT molecular complexity index is 1500. The molecule has 170 valence electrons. The van der Waals surface area contributed by atoms with Crippen molar-refractivity contribution in [3.8, 4) is 11.3 Å². The lowest BCUT2D eigenvalue weighted by molar-refractivity contribution is -0.136. The first-order valence-electron chi connectivity index (χ1n) is 10.6. The van der Waals surface area contributed by atoms with E-state index in [2.05, 4.69) is 32.4 Å². The summed E-state index contributed by atoms with van der Waals surface area (Å²) in [6.45, 7) is 1.78.